The molecule has 0 aliphatic carbocycles. The van der Waals surface area contributed by atoms with Gasteiger partial charge in [-0.05, 0) is 18.6 Å². The van der Waals surface area contributed by atoms with Crippen molar-refractivity contribution in [2.75, 3.05) is 11.5 Å². The van der Waals surface area contributed by atoms with E-state index >= 15 is 0 Å². The Labute approximate surface area is 65.1 Å². The molecular weight excluding hydrogens is 170 g/mol. The van der Waals surface area contributed by atoms with Crippen LogP contribution in [0, 0.1) is 0 Å². The van der Waals surface area contributed by atoms with Crippen LogP contribution in [0.4, 0.5) is 0 Å². The third-order valence-electron chi connectivity index (χ3n) is 1.44. The summed E-state index contributed by atoms with van der Waals surface area (Å²) in [4.78, 5) is 3.70. The summed E-state index contributed by atoms with van der Waals surface area (Å²) in [6.07, 6.45) is 0.603. The Morgan fingerprint density at radius 3 is 2.70 bits per heavy atom. The summed E-state index contributed by atoms with van der Waals surface area (Å²) in [7, 11) is -2.80. The highest BCUT2D eigenvalue weighted by atomic mass is 32.2. The fourth-order valence-electron chi connectivity index (χ4n) is 0.952. The molecule has 1 atom stereocenters. The smallest absolute Gasteiger partial charge is 0.152 e. The zero-order valence-electron chi connectivity index (χ0n) is 5.28. The third kappa shape index (κ3) is 1.87. The lowest BCUT2D eigenvalue weighted by Gasteiger charge is -1.92. The average Bonchev–Trinajstić information content (AvgIpc) is 2.12. The van der Waals surface area contributed by atoms with E-state index in [1.165, 1.54) is 0 Å². The van der Waals surface area contributed by atoms with Crippen LogP contribution in [0.15, 0.2) is 4.99 Å². The van der Waals surface area contributed by atoms with Gasteiger partial charge in [-0.25, -0.2) is 13.4 Å². The summed E-state index contributed by atoms with van der Waals surface area (Å²) in [5.74, 6) is 0.398. The van der Waals surface area contributed by atoms with Crippen molar-refractivity contribution in [1.29, 1.82) is 0 Å². The monoisotopic (exact) mass is 177 g/mol. The minimum atomic E-state index is -2.80. The first-order chi connectivity index (χ1) is 4.64. The van der Waals surface area contributed by atoms with E-state index in [9.17, 15) is 8.42 Å². The zero-order chi connectivity index (χ0) is 7.61. The summed E-state index contributed by atoms with van der Waals surface area (Å²) in [6.45, 7) is 0. The second kappa shape index (κ2) is 2.78. The second-order valence-corrected chi connectivity index (χ2v) is 4.69. The summed E-state index contributed by atoms with van der Waals surface area (Å²) < 4.78 is 21.6. The molecule has 1 heterocycles. The molecule has 1 unspecified atom stereocenters. The fraction of sp³-hybridized carbons (Fsp3) is 0.800. The van der Waals surface area contributed by atoms with E-state index in [0.29, 0.717) is 6.42 Å². The maximum Gasteiger partial charge on any atom is 0.152 e. The molecule has 3 nitrogen and oxygen atoms in total. The first-order valence-electron chi connectivity index (χ1n) is 2.91. The number of thiocarbonyl (C=S) groups is 1. The molecule has 1 rings (SSSR count). The van der Waals surface area contributed by atoms with E-state index in [4.69, 9.17) is 0 Å². The number of aliphatic imine (C=N–C) groups is 1. The van der Waals surface area contributed by atoms with Crippen LogP contribution in [0.1, 0.15) is 6.42 Å². The number of isothiocyanates is 1. The Kier molecular flexibility index (Phi) is 2.18. The third-order valence-corrected chi connectivity index (χ3v) is 3.30. The summed E-state index contributed by atoms with van der Waals surface area (Å²) in [5.41, 5.74) is 0. The summed E-state index contributed by atoms with van der Waals surface area (Å²) in [6, 6.07) is -0.123. The maximum atomic E-state index is 10.8. The molecule has 10 heavy (non-hydrogen) atoms. The Hall–Kier alpha value is -0.250. The standard InChI is InChI=1S/C5H7NO2S2/c7-10(8)2-1-5(3-10)6-4-9/h5H,1-3H2. The van der Waals surface area contributed by atoms with Gasteiger partial charge in [0.15, 0.2) is 9.84 Å². The zero-order valence-corrected chi connectivity index (χ0v) is 6.91. The fourth-order valence-corrected chi connectivity index (χ4v) is 2.73. The minimum Gasteiger partial charge on any atom is -0.229 e. The predicted molar refractivity (Wildman–Crippen MR) is 42.1 cm³/mol. The van der Waals surface area contributed by atoms with Crippen molar-refractivity contribution < 1.29 is 8.42 Å². The van der Waals surface area contributed by atoms with Crippen molar-refractivity contribution in [3.05, 3.63) is 0 Å². The largest absolute Gasteiger partial charge is 0.229 e. The highest BCUT2D eigenvalue weighted by Crippen LogP contribution is 2.13. The molecule has 1 fully saturated rings. The van der Waals surface area contributed by atoms with Gasteiger partial charge in [0, 0.05) is 0 Å². The number of hydrogen-bond acceptors (Lipinski definition) is 4. The first-order valence-corrected chi connectivity index (χ1v) is 5.14. The lowest BCUT2D eigenvalue weighted by molar-refractivity contribution is 0.601. The molecule has 0 radical (unpaired) electrons. The van der Waals surface area contributed by atoms with Gasteiger partial charge in [0.05, 0.1) is 22.7 Å². The van der Waals surface area contributed by atoms with Gasteiger partial charge in [-0.1, -0.05) is 0 Å². The van der Waals surface area contributed by atoms with E-state index < -0.39 is 9.84 Å². The van der Waals surface area contributed by atoms with Gasteiger partial charge < -0.3 is 0 Å². The van der Waals surface area contributed by atoms with Crippen molar-refractivity contribution >= 4 is 27.2 Å². The van der Waals surface area contributed by atoms with Crippen molar-refractivity contribution in [2.45, 2.75) is 12.5 Å². The lowest BCUT2D eigenvalue weighted by Crippen LogP contribution is -2.06. The van der Waals surface area contributed by atoms with Crippen LogP contribution in [0.2, 0.25) is 0 Å². The maximum absolute atomic E-state index is 10.8. The van der Waals surface area contributed by atoms with Crippen LogP contribution < -0.4 is 0 Å². The average molecular weight is 177 g/mol. The molecular formula is C5H7NO2S2. The van der Waals surface area contributed by atoms with Crippen LogP contribution >= 0.6 is 12.2 Å². The van der Waals surface area contributed by atoms with Crippen molar-refractivity contribution in [1.82, 2.24) is 0 Å². The highest BCUT2D eigenvalue weighted by molar-refractivity contribution is 7.91. The molecule has 1 aliphatic heterocycles. The van der Waals surface area contributed by atoms with E-state index in [1.807, 2.05) is 0 Å². The molecule has 5 heteroatoms. The Bertz CT molecular complexity index is 263. The van der Waals surface area contributed by atoms with E-state index in [1.54, 1.807) is 0 Å². The highest BCUT2D eigenvalue weighted by Gasteiger charge is 2.26. The normalized spacial score (nSPS) is 29.4. The van der Waals surface area contributed by atoms with Gasteiger partial charge in [-0.2, -0.15) is 0 Å². The van der Waals surface area contributed by atoms with Gasteiger partial charge >= 0.3 is 0 Å². The van der Waals surface area contributed by atoms with Crippen molar-refractivity contribution in [2.24, 2.45) is 4.99 Å². The van der Waals surface area contributed by atoms with Crippen molar-refractivity contribution in [3.8, 4) is 0 Å². The van der Waals surface area contributed by atoms with E-state index in [2.05, 4.69) is 22.4 Å². The number of sulfone groups is 1. The Balaban J connectivity index is 2.68. The predicted octanol–water partition coefficient (Wildman–Crippen LogP) is 0.276. The number of hydrogen-bond donors (Lipinski definition) is 0. The number of nitrogens with zero attached hydrogens (tertiary/aromatic N) is 1. The van der Waals surface area contributed by atoms with Gasteiger partial charge in [0.25, 0.3) is 0 Å². The van der Waals surface area contributed by atoms with Gasteiger partial charge in [0.2, 0.25) is 0 Å². The molecule has 0 aromatic carbocycles. The quantitative estimate of drug-likeness (QED) is 0.427. The molecule has 0 spiro atoms. The topological polar surface area (TPSA) is 46.5 Å². The SMILES string of the molecule is O=S1(=O)CCC(N=C=S)C1. The molecule has 0 aromatic rings. The van der Waals surface area contributed by atoms with Crippen molar-refractivity contribution in [3.63, 3.8) is 0 Å². The minimum absolute atomic E-state index is 0.123. The van der Waals surface area contributed by atoms with Gasteiger partial charge in [0.1, 0.15) is 0 Å². The van der Waals surface area contributed by atoms with Crippen LogP contribution in [-0.2, 0) is 9.84 Å². The van der Waals surface area contributed by atoms with E-state index in [-0.39, 0.29) is 17.5 Å². The molecule has 1 aliphatic rings. The first kappa shape index (κ1) is 7.85. The summed E-state index contributed by atoms with van der Waals surface area (Å²) in [5, 5.41) is 2.19. The summed E-state index contributed by atoms with van der Waals surface area (Å²) >= 11 is 4.35. The lowest BCUT2D eigenvalue weighted by atomic mass is 10.3. The van der Waals surface area contributed by atoms with Gasteiger partial charge in [-0.3, -0.25) is 0 Å². The van der Waals surface area contributed by atoms with Gasteiger partial charge in [-0.15, -0.1) is 0 Å². The molecule has 1 saturated heterocycles. The van der Waals surface area contributed by atoms with Crippen LogP contribution in [-0.4, -0.2) is 31.1 Å². The number of rotatable bonds is 1. The Morgan fingerprint density at radius 1 is 1.60 bits per heavy atom. The van der Waals surface area contributed by atoms with E-state index in [0.717, 1.165) is 0 Å². The molecule has 0 bridgehead atoms. The molecule has 0 saturated carbocycles. The Morgan fingerprint density at radius 2 is 2.30 bits per heavy atom. The van der Waals surface area contributed by atoms with Crippen LogP contribution in [0.3, 0.4) is 0 Å². The van der Waals surface area contributed by atoms with Crippen LogP contribution in [0.25, 0.3) is 0 Å². The molecule has 0 N–H and O–H groups in total. The van der Waals surface area contributed by atoms with Crippen LogP contribution in [0.5, 0.6) is 0 Å². The molecule has 56 valence electrons. The second-order valence-electron chi connectivity index (χ2n) is 2.28. The molecule has 0 aromatic heterocycles. The molecule has 0 amide bonds.